The average molecular weight is 183 g/mol. The van der Waals surface area contributed by atoms with E-state index >= 15 is 0 Å². The molecule has 12 heavy (non-hydrogen) atoms. The lowest BCUT2D eigenvalue weighted by Gasteiger charge is -2.02. The lowest BCUT2D eigenvalue weighted by Crippen LogP contribution is -2.12. The second-order valence-electron chi connectivity index (χ2n) is 2.75. The number of rotatable bonds is 2. The molecule has 0 bridgehead atoms. The average Bonchev–Trinajstić information content (AvgIpc) is 2.75. The van der Waals surface area contributed by atoms with Gasteiger partial charge in [-0.05, 0) is 19.4 Å². The van der Waals surface area contributed by atoms with Crippen LogP contribution in [0.1, 0.15) is 33.7 Å². The lowest BCUT2D eigenvalue weighted by molar-refractivity contribution is 0.112. The Morgan fingerprint density at radius 3 is 3.08 bits per heavy atom. The molecular formula is C7H9N3OS. The second-order valence-corrected chi connectivity index (χ2v) is 3.79. The molecule has 64 valence electrons. The van der Waals surface area contributed by atoms with Crippen molar-refractivity contribution in [2.24, 2.45) is 0 Å². The van der Waals surface area contributed by atoms with Gasteiger partial charge in [0.1, 0.15) is 5.01 Å². The quantitative estimate of drug-likeness (QED) is 0.688. The van der Waals surface area contributed by atoms with E-state index in [4.69, 9.17) is 0 Å². The summed E-state index contributed by atoms with van der Waals surface area (Å²) >= 11 is 1.38. The monoisotopic (exact) mass is 183 g/mol. The molecule has 0 unspecified atom stereocenters. The summed E-state index contributed by atoms with van der Waals surface area (Å²) in [6, 6.07) is 0.330. The molecule has 1 aromatic rings. The highest BCUT2D eigenvalue weighted by Crippen LogP contribution is 2.24. The predicted octanol–water partition coefficient (Wildman–Crippen LogP) is 0.775. The van der Waals surface area contributed by atoms with Crippen molar-refractivity contribution in [3.63, 3.8) is 0 Å². The number of nitrogens with one attached hydrogen (secondary N) is 1. The van der Waals surface area contributed by atoms with Gasteiger partial charge >= 0.3 is 0 Å². The third kappa shape index (κ3) is 1.37. The van der Waals surface area contributed by atoms with E-state index in [0.29, 0.717) is 11.0 Å². The molecule has 1 atom stereocenters. The van der Waals surface area contributed by atoms with Gasteiger partial charge in [-0.3, -0.25) is 4.79 Å². The van der Waals surface area contributed by atoms with Crippen molar-refractivity contribution < 1.29 is 4.79 Å². The van der Waals surface area contributed by atoms with Crippen LogP contribution >= 0.6 is 11.3 Å². The maximum atomic E-state index is 10.3. The van der Waals surface area contributed by atoms with Gasteiger partial charge in [0.2, 0.25) is 0 Å². The van der Waals surface area contributed by atoms with Crippen LogP contribution in [0.15, 0.2) is 0 Å². The summed E-state index contributed by atoms with van der Waals surface area (Å²) in [6.45, 7) is 1.04. The molecule has 1 aliphatic heterocycles. The van der Waals surface area contributed by atoms with Crippen molar-refractivity contribution in [3.8, 4) is 0 Å². The molecule has 2 heterocycles. The first-order valence-corrected chi connectivity index (χ1v) is 4.74. The third-order valence-corrected chi connectivity index (χ3v) is 2.88. The maximum Gasteiger partial charge on any atom is 0.180 e. The van der Waals surface area contributed by atoms with Gasteiger partial charge < -0.3 is 5.32 Å². The van der Waals surface area contributed by atoms with E-state index in [1.807, 2.05) is 0 Å². The normalized spacial score (nSPS) is 22.8. The Bertz CT molecular complexity index is 280. The third-order valence-electron chi connectivity index (χ3n) is 1.92. The van der Waals surface area contributed by atoms with E-state index in [-0.39, 0.29) is 0 Å². The van der Waals surface area contributed by atoms with Crippen LogP contribution in [0, 0.1) is 0 Å². The maximum absolute atomic E-state index is 10.3. The molecule has 1 aliphatic rings. The number of aromatic nitrogens is 2. The molecule has 2 rings (SSSR count). The van der Waals surface area contributed by atoms with Crippen molar-refractivity contribution in [1.29, 1.82) is 0 Å². The smallest absolute Gasteiger partial charge is 0.180 e. The molecule has 1 aromatic heterocycles. The van der Waals surface area contributed by atoms with Crippen LogP contribution < -0.4 is 5.32 Å². The lowest BCUT2D eigenvalue weighted by atomic mass is 10.2. The minimum Gasteiger partial charge on any atom is -0.308 e. The fraction of sp³-hybridized carbons (Fsp3) is 0.571. The molecule has 0 radical (unpaired) electrons. The van der Waals surface area contributed by atoms with Crippen LogP contribution in [0.3, 0.4) is 0 Å². The van der Waals surface area contributed by atoms with Crippen LogP contribution in [0.25, 0.3) is 0 Å². The Morgan fingerprint density at radius 1 is 1.58 bits per heavy atom. The molecule has 5 heteroatoms. The molecule has 1 saturated heterocycles. The van der Waals surface area contributed by atoms with Crippen LogP contribution in [0.2, 0.25) is 0 Å². The predicted molar refractivity (Wildman–Crippen MR) is 45.3 cm³/mol. The highest BCUT2D eigenvalue weighted by Gasteiger charge is 2.19. The number of carbonyl (C=O) groups is 1. The topological polar surface area (TPSA) is 54.9 Å². The summed E-state index contributed by atoms with van der Waals surface area (Å²) in [5, 5.41) is 12.4. The number of hydrogen-bond acceptors (Lipinski definition) is 5. The fourth-order valence-corrected chi connectivity index (χ4v) is 2.10. The number of nitrogens with zero attached hydrogens (tertiary/aromatic N) is 2. The highest BCUT2D eigenvalue weighted by atomic mass is 32.1. The minimum absolute atomic E-state index is 0.330. The van der Waals surface area contributed by atoms with E-state index < -0.39 is 0 Å². The fourth-order valence-electron chi connectivity index (χ4n) is 1.33. The first-order chi connectivity index (χ1) is 5.90. The first-order valence-electron chi connectivity index (χ1n) is 3.92. The van der Waals surface area contributed by atoms with Crippen LogP contribution in [-0.4, -0.2) is 23.0 Å². The van der Waals surface area contributed by atoms with Crippen LogP contribution in [0.5, 0.6) is 0 Å². The Kier molecular flexibility index (Phi) is 2.14. The van der Waals surface area contributed by atoms with Gasteiger partial charge in [0.15, 0.2) is 11.3 Å². The van der Waals surface area contributed by atoms with Crippen molar-refractivity contribution in [2.75, 3.05) is 6.54 Å². The SMILES string of the molecule is O=Cc1nnc([C@@H]2CCCN2)s1. The second kappa shape index (κ2) is 3.28. The number of carbonyl (C=O) groups excluding carboxylic acids is 1. The number of aldehydes is 1. The van der Waals surface area contributed by atoms with Gasteiger partial charge in [0.05, 0.1) is 6.04 Å². The standard InChI is InChI=1S/C7H9N3OS/c11-4-6-9-10-7(12-6)5-2-1-3-8-5/h4-5,8H,1-3H2/t5-/m0/s1. The summed E-state index contributed by atoms with van der Waals surface area (Å²) in [4.78, 5) is 10.3. The van der Waals surface area contributed by atoms with Crippen LogP contribution in [0.4, 0.5) is 0 Å². The van der Waals surface area contributed by atoms with Crippen molar-refractivity contribution in [3.05, 3.63) is 10.0 Å². The Balaban J connectivity index is 2.16. The molecule has 0 amide bonds. The Morgan fingerprint density at radius 2 is 2.50 bits per heavy atom. The molecule has 1 fully saturated rings. The Labute approximate surface area is 74.0 Å². The van der Waals surface area contributed by atoms with Crippen molar-refractivity contribution in [2.45, 2.75) is 18.9 Å². The number of hydrogen-bond donors (Lipinski definition) is 1. The largest absolute Gasteiger partial charge is 0.308 e. The molecule has 1 N–H and O–H groups in total. The minimum atomic E-state index is 0.330. The van der Waals surface area contributed by atoms with Crippen molar-refractivity contribution in [1.82, 2.24) is 15.5 Å². The van der Waals surface area contributed by atoms with E-state index in [1.165, 1.54) is 17.8 Å². The Hall–Kier alpha value is -0.810. The van der Waals surface area contributed by atoms with E-state index in [1.54, 1.807) is 0 Å². The summed E-state index contributed by atoms with van der Waals surface area (Å²) in [6.07, 6.45) is 3.03. The summed E-state index contributed by atoms with van der Waals surface area (Å²) in [7, 11) is 0. The zero-order valence-corrected chi connectivity index (χ0v) is 7.30. The summed E-state index contributed by atoms with van der Waals surface area (Å²) in [5.41, 5.74) is 0. The summed E-state index contributed by atoms with van der Waals surface area (Å²) < 4.78 is 0. The van der Waals surface area contributed by atoms with Gasteiger partial charge in [-0.25, -0.2) is 0 Å². The van der Waals surface area contributed by atoms with E-state index in [2.05, 4.69) is 15.5 Å². The molecule has 0 saturated carbocycles. The van der Waals surface area contributed by atoms with Crippen LogP contribution in [-0.2, 0) is 0 Å². The zero-order chi connectivity index (χ0) is 8.39. The van der Waals surface area contributed by atoms with Gasteiger partial charge in [-0.1, -0.05) is 11.3 Å². The van der Waals surface area contributed by atoms with Gasteiger partial charge in [0.25, 0.3) is 0 Å². The molecule has 4 nitrogen and oxygen atoms in total. The van der Waals surface area contributed by atoms with Gasteiger partial charge in [-0.2, -0.15) is 0 Å². The molecular weight excluding hydrogens is 174 g/mol. The molecule has 0 spiro atoms. The highest BCUT2D eigenvalue weighted by molar-refractivity contribution is 7.12. The molecule has 0 aliphatic carbocycles. The zero-order valence-electron chi connectivity index (χ0n) is 6.49. The first kappa shape index (κ1) is 7.82. The molecule has 0 aromatic carbocycles. The van der Waals surface area contributed by atoms with Gasteiger partial charge in [-0.15, -0.1) is 10.2 Å². The van der Waals surface area contributed by atoms with Gasteiger partial charge in [0, 0.05) is 0 Å². The van der Waals surface area contributed by atoms with Crippen molar-refractivity contribution >= 4 is 17.6 Å². The van der Waals surface area contributed by atoms with E-state index in [9.17, 15) is 4.79 Å². The van der Waals surface area contributed by atoms with E-state index in [0.717, 1.165) is 24.3 Å². The summed E-state index contributed by atoms with van der Waals surface area (Å²) in [5.74, 6) is 0.